The first-order valence-corrected chi connectivity index (χ1v) is 5.76. The average Bonchev–Trinajstić information content (AvgIpc) is 2.46. The number of nitrogens with one attached hydrogen (secondary N) is 1. The van der Waals surface area contributed by atoms with Crippen molar-refractivity contribution in [2.75, 3.05) is 0 Å². The SMILES string of the molecule is Cl.NCc1ccc(C(=O)NCc2ccccn2)cc1. The minimum atomic E-state index is -0.107. The molecule has 0 atom stereocenters. The predicted molar refractivity (Wildman–Crippen MR) is 77.0 cm³/mol. The van der Waals surface area contributed by atoms with Gasteiger partial charge in [0.2, 0.25) is 0 Å². The van der Waals surface area contributed by atoms with Crippen molar-refractivity contribution in [2.24, 2.45) is 5.73 Å². The van der Waals surface area contributed by atoms with Crippen molar-refractivity contribution in [3.8, 4) is 0 Å². The molecule has 0 aliphatic carbocycles. The van der Waals surface area contributed by atoms with E-state index in [4.69, 9.17) is 5.73 Å². The van der Waals surface area contributed by atoms with Crippen molar-refractivity contribution < 1.29 is 4.79 Å². The smallest absolute Gasteiger partial charge is 0.251 e. The van der Waals surface area contributed by atoms with Crippen LogP contribution < -0.4 is 11.1 Å². The minimum absolute atomic E-state index is 0. The summed E-state index contributed by atoms with van der Waals surface area (Å²) in [4.78, 5) is 16.0. The summed E-state index contributed by atoms with van der Waals surface area (Å²) in [6.07, 6.45) is 1.71. The third kappa shape index (κ3) is 4.35. The number of hydrogen-bond acceptors (Lipinski definition) is 3. The van der Waals surface area contributed by atoms with E-state index in [1.54, 1.807) is 18.3 Å². The van der Waals surface area contributed by atoms with Gasteiger partial charge >= 0.3 is 0 Å². The Bertz CT molecular complexity index is 514. The lowest BCUT2D eigenvalue weighted by atomic mass is 10.1. The molecule has 19 heavy (non-hydrogen) atoms. The quantitative estimate of drug-likeness (QED) is 0.897. The summed E-state index contributed by atoms with van der Waals surface area (Å²) in [6.45, 7) is 0.911. The van der Waals surface area contributed by atoms with Crippen LogP contribution in [0.1, 0.15) is 21.6 Å². The molecule has 1 amide bonds. The van der Waals surface area contributed by atoms with Crippen molar-refractivity contribution in [3.63, 3.8) is 0 Å². The van der Waals surface area contributed by atoms with E-state index in [0.717, 1.165) is 11.3 Å². The molecule has 0 spiro atoms. The summed E-state index contributed by atoms with van der Waals surface area (Å²) >= 11 is 0. The number of pyridine rings is 1. The molecule has 0 aliphatic heterocycles. The highest BCUT2D eigenvalue weighted by atomic mass is 35.5. The first-order valence-electron chi connectivity index (χ1n) is 5.76. The van der Waals surface area contributed by atoms with Gasteiger partial charge in [0.05, 0.1) is 12.2 Å². The zero-order chi connectivity index (χ0) is 12.8. The summed E-state index contributed by atoms with van der Waals surface area (Å²) in [5.74, 6) is -0.107. The van der Waals surface area contributed by atoms with Crippen LogP contribution in [0.4, 0.5) is 0 Å². The van der Waals surface area contributed by atoms with E-state index in [2.05, 4.69) is 10.3 Å². The molecule has 5 heteroatoms. The molecule has 4 nitrogen and oxygen atoms in total. The first-order chi connectivity index (χ1) is 8.79. The maximum atomic E-state index is 11.8. The molecular weight excluding hydrogens is 262 g/mol. The van der Waals surface area contributed by atoms with E-state index in [9.17, 15) is 4.79 Å². The number of nitrogens with two attached hydrogens (primary N) is 1. The van der Waals surface area contributed by atoms with Gasteiger partial charge in [0.15, 0.2) is 0 Å². The van der Waals surface area contributed by atoms with Crippen molar-refractivity contribution in [3.05, 3.63) is 65.5 Å². The molecule has 3 N–H and O–H groups in total. The number of rotatable bonds is 4. The summed E-state index contributed by atoms with van der Waals surface area (Å²) in [6, 6.07) is 12.9. The van der Waals surface area contributed by atoms with Gasteiger partial charge in [0.1, 0.15) is 0 Å². The highest BCUT2D eigenvalue weighted by Gasteiger charge is 2.04. The molecule has 0 saturated carbocycles. The van der Waals surface area contributed by atoms with Crippen molar-refractivity contribution >= 4 is 18.3 Å². The number of carbonyl (C=O) groups excluding carboxylic acids is 1. The van der Waals surface area contributed by atoms with Crippen LogP contribution in [0, 0.1) is 0 Å². The monoisotopic (exact) mass is 277 g/mol. The van der Waals surface area contributed by atoms with Gasteiger partial charge in [-0.25, -0.2) is 0 Å². The van der Waals surface area contributed by atoms with Crippen LogP contribution in [-0.2, 0) is 13.1 Å². The van der Waals surface area contributed by atoms with Crippen molar-refractivity contribution in [1.29, 1.82) is 0 Å². The molecular formula is C14H16ClN3O. The van der Waals surface area contributed by atoms with Gasteiger partial charge in [-0.2, -0.15) is 0 Å². The van der Waals surface area contributed by atoms with Gasteiger partial charge in [-0.05, 0) is 29.8 Å². The Labute approximate surface area is 118 Å². The summed E-state index contributed by atoms with van der Waals surface area (Å²) in [7, 11) is 0. The van der Waals surface area contributed by atoms with Crippen LogP contribution >= 0.6 is 12.4 Å². The lowest BCUT2D eigenvalue weighted by Gasteiger charge is -2.05. The molecule has 1 aromatic carbocycles. The molecule has 1 aromatic heterocycles. The molecule has 2 aromatic rings. The maximum Gasteiger partial charge on any atom is 0.251 e. The number of halogens is 1. The van der Waals surface area contributed by atoms with E-state index in [1.165, 1.54) is 0 Å². The second-order valence-electron chi connectivity index (χ2n) is 3.90. The van der Waals surface area contributed by atoms with E-state index < -0.39 is 0 Å². The second kappa shape index (κ2) is 7.51. The largest absolute Gasteiger partial charge is 0.346 e. The topological polar surface area (TPSA) is 68.0 Å². The molecule has 2 rings (SSSR count). The zero-order valence-electron chi connectivity index (χ0n) is 10.4. The fraction of sp³-hybridized carbons (Fsp3) is 0.143. The normalized spacial score (nSPS) is 9.53. The Kier molecular flexibility index (Phi) is 5.99. The van der Waals surface area contributed by atoms with Gasteiger partial charge in [-0.15, -0.1) is 12.4 Å². The van der Waals surface area contributed by atoms with Crippen LogP contribution in [-0.4, -0.2) is 10.9 Å². The number of aromatic nitrogens is 1. The third-order valence-electron chi connectivity index (χ3n) is 2.61. The lowest BCUT2D eigenvalue weighted by molar-refractivity contribution is 0.0950. The molecule has 100 valence electrons. The Morgan fingerprint density at radius 3 is 2.47 bits per heavy atom. The fourth-order valence-electron chi connectivity index (χ4n) is 1.57. The van der Waals surface area contributed by atoms with Gasteiger partial charge in [0.25, 0.3) is 5.91 Å². The summed E-state index contributed by atoms with van der Waals surface area (Å²) < 4.78 is 0. The number of benzene rings is 1. The standard InChI is InChI=1S/C14H15N3O.ClH/c15-9-11-4-6-12(7-5-11)14(18)17-10-13-3-1-2-8-16-13;/h1-8H,9-10,15H2,(H,17,18);1H. The Balaban J connectivity index is 0.00000180. The average molecular weight is 278 g/mol. The van der Waals surface area contributed by atoms with E-state index >= 15 is 0 Å². The predicted octanol–water partition coefficient (Wildman–Crippen LogP) is 1.89. The summed E-state index contributed by atoms with van der Waals surface area (Å²) in [5.41, 5.74) is 7.98. The molecule has 0 bridgehead atoms. The second-order valence-corrected chi connectivity index (χ2v) is 3.90. The van der Waals surface area contributed by atoms with Gasteiger partial charge in [-0.3, -0.25) is 9.78 Å². The summed E-state index contributed by atoms with van der Waals surface area (Å²) in [5, 5.41) is 2.82. The van der Waals surface area contributed by atoms with Crippen LogP contribution in [0.25, 0.3) is 0 Å². The van der Waals surface area contributed by atoms with Gasteiger partial charge in [-0.1, -0.05) is 18.2 Å². The first kappa shape index (κ1) is 15.1. The Morgan fingerprint density at radius 1 is 1.16 bits per heavy atom. The van der Waals surface area contributed by atoms with E-state index in [-0.39, 0.29) is 18.3 Å². The number of nitrogens with zero attached hydrogens (tertiary/aromatic N) is 1. The fourth-order valence-corrected chi connectivity index (χ4v) is 1.57. The highest BCUT2D eigenvalue weighted by Crippen LogP contribution is 2.04. The van der Waals surface area contributed by atoms with E-state index in [1.807, 2.05) is 30.3 Å². The van der Waals surface area contributed by atoms with Crippen molar-refractivity contribution in [2.45, 2.75) is 13.1 Å². The zero-order valence-corrected chi connectivity index (χ0v) is 11.2. The van der Waals surface area contributed by atoms with Crippen LogP contribution in [0.2, 0.25) is 0 Å². The third-order valence-corrected chi connectivity index (χ3v) is 2.61. The molecule has 0 aliphatic rings. The van der Waals surface area contributed by atoms with Crippen molar-refractivity contribution in [1.82, 2.24) is 10.3 Å². The van der Waals surface area contributed by atoms with Crippen LogP contribution in [0.15, 0.2) is 48.7 Å². The molecule has 0 fully saturated rings. The van der Waals surface area contributed by atoms with E-state index in [0.29, 0.717) is 18.7 Å². The van der Waals surface area contributed by atoms with Gasteiger partial charge < -0.3 is 11.1 Å². The number of carbonyl (C=O) groups is 1. The molecule has 1 heterocycles. The number of amides is 1. The minimum Gasteiger partial charge on any atom is -0.346 e. The molecule has 0 saturated heterocycles. The molecule has 0 unspecified atom stereocenters. The van der Waals surface area contributed by atoms with Crippen LogP contribution in [0.3, 0.4) is 0 Å². The molecule has 0 radical (unpaired) electrons. The Morgan fingerprint density at radius 2 is 1.89 bits per heavy atom. The Hall–Kier alpha value is -1.91. The highest BCUT2D eigenvalue weighted by molar-refractivity contribution is 5.94. The maximum absolute atomic E-state index is 11.8. The number of hydrogen-bond donors (Lipinski definition) is 2. The lowest BCUT2D eigenvalue weighted by Crippen LogP contribution is -2.23. The van der Waals surface area contributed by atoms with Gasteiger partial charge in [0, 0.05) is 18.3 Å². The van der Waals surface area contributed by atoms with Crippen LogP contribution in [0.5, 0.6) is 0 Å².